The van der Waals surface area contributed by atoms with E-state index in [0.29, 0.717) is 16.1 Å². The highest BCUT2D eigenvalue weighted by molar-refractivity contribution is 8.00. The Bertz CT molecular complexity index is 953. The maximum absolute atomic E-state index is 12.6. The van der Waals surface area contributed by atoms with Gasteiger partial charge in [-0.3, -0.25) is 9.59 Å². The molecule has 0 aliphatic heterocycles. The Kier molecular flexibility index (Phi) is 7.80. The van der Waals surface area contributed by atoms with E-state index in [1.54, 1.807) is 56.6 Å². The molecular formula is C21H21N3O4S. The number of nitriles is 1. The van der Waals surface area contributed by atoms with E-state index in [9.17, 15) is 14.4 Å². The van der Waals surface area contributed by atoms with Crippen molar-refractivity contribution >= 4 is 35.2 Å². The standard InChI is InChI=1S/C21H21N3O4S/c1-14(20(26)23-16-8-6-7-15(11-16)12-22)28-21(27)17-9-4-5-10-18(17)29-13-19(25)24(2)3/h4-11,14H,13H2,1-3H3,(H,23,26)/t14-/m1/s1. The number of carbonyl (C=O) groups is 3. The number of hydrogen-bond acceptors (Lipinski definition) is 6. The van der Waals surface area contributed by atoms with E-state index in [4.69, 9.17) is 10.00 Å². The Hall–Kier alpha value is -3.31. The van der Waals surface area contributed by atoms with Crippen LogP contribution in [0.3, 0.4) is 0 Å². The van der Waals surface area contributed by atoms with Gasteiger partial charge in [-0.2, -0.15) is 5.26 Å². The highest BCUT2D eigenvalue weighted by atomic mass is 32.2. The smallest absolute Gasteiger partial charge is 0.340 e. The van der Waals surface area contributed by atoms with Crippen LogP contribution in [0, 0.1) is 11.3 Å². The number of esters is 1. The summed E-state index contributed by atoms with van der Waals surface area (Å²) in [7, 11) is 3.32. The van der Waals surface area contributed by atoms with Gasteiger partial charge in [0, 0.05) is 24.7 Å². The first-order valence-electron chi connectivity index (χ1n) is 8.75. The summed E-state index contributed by atoms with van der Waals surface area (Å²) in [6.07, 6.45) is -1.05. The van der Waals surface area contributed by atoms with Crippen LogP contribution in [-0.2, 0) is 14.3 Å². The van der Waals surface area contributed by atoms with Crippen molar-refractivity contribution in [2.24, 2.45) is 0 Å². The quantitative estimate of drug-likeness (QED) is 0.555. The molecule has 8 heteroatoms. The molecule has 2 aromatic rings. The van der Waals surface area contributed by atoms with Crippen LogP contribution in [0.5, 0.6) is 0 Å². The van der Waals surface area contributed by atoms with Crippen LogP contribution in [-0.4, -0.2) is 48.6 Å². The van der Waals surface area contributed by atoms with Crippen molar-refractivity contribution in [3.8, 4) is 6.07 Å². The highest BCUT2D eigenvalue weighted by Gasteiger charge is 2.21. The molecule has 0 spiro atoms. The summed E-state index contributed by atoms with van der Waals surface area (Å²) in [5, 5.41) is 11.5. The third-order valence-electron chi connectivity index (χ3n) is 3.87. The van der Waals surface area contributed by atoms with Crippen LogP contribution in [0.25, 0.3) is 0 Å². The number of thioether (sulfide) groups is 1. The summed E-state index contributed by atoms with van der Waals surface area (Å²) in [5.74, 6) is -1.06. The molecule has 0 saturated carbocycles. The Morgan fingerprint density at radius 3 is 2.59 bits per heavy atom. The summed E-state index contributed by atoms with van der Waals surface area (Å²) in [4.78, 5) is 38.8. The molecule has 2 aromatic carbocycles. The first kappa shape index (κ1) is 22.0. The van der Waals surface area contributed by atoms with Gasteiger partial charge >= 0.3 is 5.97 Å². The molecule has 0 aromatic heterocycles. The van der Waals surface area contributed by atoms with E-state index < -0.39 is 18.0 Å². The second-order valence-corrected chi connectivity index (χ2v) is 7.32. The molecule has 0 fully saturated rings. The maximum Gasteiger partial charge on any atom is 0.340 e. The molecule has 0 radical (unpaired) electrons. The second kappa shape index (κ2) is 10.3. The molecule has 0 unspecified atom stereocenters. The van der Waals surface area contributed by atoms with Crippen LogP contribution < -0.4 is 5.32 Å². The number of ether oxygens (including phenoxy) is 1. The number of hydrogen-bond donors (Lipinski definition) is 1. The lowest BCUT2D eigenvalue weighted by atomic mass is 10.2. The normalized spacial score (nSPS) is 11.1. The van der Waals surface area contributed by atoms with Gasteiger partial charge in [-0.1, -0.05) is 18.2 Å². The van der Waals surface area contributed by atoms with E-state index in [2.05, 4.69) is 5.32 Å². The van der Waals surface area contributed by atoms with Crippen molar-refractivity contribution in [2.45, 2.75) is 17.9 Å². The third kappa shape index (κ3) is 6.36. The predicted molar refractivity (Wildman–Crippen MR) is 111 cm³/mol. The first-order valence-corrected chi connectivity index (χ1v) is 9.74. The fourth-order valence-electron chi connectivity index (χ4n) is 2.22. The van der Waals surface area contributed by atoms with Crippen LogP contribution in [0.1, 0.15) is 22.8 Å². The van der Waals surface area contributed by atoms with E-state index in [0.717, 1.165) is 0 Å². The van der Waals surface area contributed by atoms with Gasteiger partial charge in [0.1, 0.15) is 0 Å². The third-order valence-corrected chi connectivity index (χ3v) is 4.93. The molecule has 7 nitrogen and oxygen atoms in total. The van der Waals surface area contributed by atoms with Crippen molar-refractivity contribution in [3.63, 3.8) is 0 Å². The molecule has 29 heavy (non-hydrogen) atoms. The fraction of sp³-hybridized carbons (Fsp3) is 0.238. The Labute approximate surface area is 173 Å². The Morgan fingerprint density at radius 2 is 1.90 bits per heavy atom. The average molecular weight is 411 g/mol. The summed E-state index contributed by atoms with van der Waals surface area (Å²) in [6, 6.07) is 15.2. The van der Waals surface area contributed by atoms with Crippen molar-refractivity contribution in [2.75, 3.05) is 25.2 Å². The summed E-state index contributed by atoms with van der Waals surface area (Å²) >= 11 is 1.23. The molecule has 2 amide bonds. The molecular weight excluding hydrogens is 390 g/mol. The van der Waals surface area contributed by atoms with Crippen LogP contribution >= 0.6 is 11.8 Å². The zero-order chi connectivity index (χ0) is 21.4. The second-order valence-electron chi connectivity index (χ2n) is 6.30. The highest BCUT2D eigenvalue weighted by Crippen LogP contribution is 2.24. The average Bonchev–Trinajstić information content (AvgIpc) is 2.72. The molecule has 150 valence electrons. The Morgan fingerprint density at radius 1 is 1.17 bits per heavy atom. The lowest BCUT2D eigenvalue weighted by Crippen LogP contribution is -2.30. The summed E-state index contributed by atoms with van der Waals surface area (Å²) in [6.45, 7) is 1.46. The lowest BCUT2D eigenvalue weighted by molar-refractivity contribution is -0.126. The summed E-state index contributed by atoms with van der Waals surface area (Å²) in [5.41, 5.74) is 1.14. The van der Waals surface area contributed by atoms with E-state index in [1.165, 1.54) is 29.7 Å². The largest absolute Gasteiger partial charge is 0.449 e. The monoisotopic (exact) mass is 411 g/mol. The van der Waals surface area contributed by atoms with Gasteiger partial charge in [0.15, 0.2) is 6.10 Å². The number of rotatable bonds is 7. The number of benzene rings is 2. The van der Waals surface area contributed by atoms with Crippen LogP contribution in [0.4, 0.5) is 5.69 Å². The number of carbonyl (C=O) groups excluding carboxylic acids is 3. The van der Waals surface area contributed by atoms with E-state index >= 15 is 0 Å². The van der Waals surface area contributed by atoms with Gasteiger partial charge in [-0.25, -0.2) is 4.79 Å². The van der Waals surface area contributed by atoms with E-state index in [-0.39, 0.29) is 17.2 Å². The number of anilines is 1. The number of nitrogens with one attached hydrogen (secondary N) is 1. The van der Waals surface area contributed by atoms with E-state index in [1.807, 2.05) is 6.07 Å². The molecule has 0 aliphatic rings. The maximum atomic E-state index is 12.6. The fourth-order valence-corrected chi connectivity index (χ4v) is 3.24. The van der Waals surface area contributed by atoms with Crippen molar-refractivity contribution < 1.29 is 19.1 Å². The van der Waals surface area contributed by atoms with Crippen molar-refractivity contribution in [1.29, 1.82) is 5.26 Å². The lowest BCUT2D eigenvalue weighted by Gasteiger charge is -2.15. The van der Waals surface area contributed by atoms with Gasteiger partial charge < -0.3 is 15.0 Å². The van der Waals surface area contributed by atoms with Gasteiger partial charge in [0.2, 0.25) is 5.91 Å². The molecule has 1 atom stereocenters. The minimum absolute atomic E-state index is 0.0782. The topological polar surface area (TPSA) is 99.5 Å². The van der Waals surface area contributed by atoms with Gasteiger partial charge in [-0.15, -0.1) is 11.8 Å². The SMILES string of the molecule is C[C@@H](OC(=O)c1ccccc1SCC(=O)N(C)C)C(=O)Nc1cccc(C#N)c1. The number of amides is 2. The molecule has 0 saturated heterocycles. The zero-order valence-corrected chi connectivity index (χ0v) is 17.2. The summed E-state index contributed by atoms with van der Waals surface area (Å²) < 4.78 is 5.30. The predicted octanol–water partition coefficient (Wildman–Crippen LogP) is 2.92. The molecule has 1 N–H and O–H groups in total. The van der Waals surface area contributed by atoms with Gasteiger partial charge in [0.25, 0.3) is 5.91 Å². The first-order chi connectivity index (χ1) is 13.8. The van der Waals surface area contributed by atoms with Crippen molar-refractivity contribution in [1.82, 2.24) is 4.90 Å². The molecule has 0 aliphatic carbocycles. The van der Waals surface area contributed by atoms with Crippen LogP contribution in [0.15, 0.2) is 53.4 Å². The van der Waals surface area contributed by atoms with Crippen molar-refractivity contribution in [3.05, 3.63) is 59.7 Å². The van der Waals surface area contributed by atoms with Gasteiger partial charge in [-0.05, 0) is 37.3 Å². The molecule has 0 heterocycles. The van der Waals surface area contributed by atoms with Gasteiger partial charge in [0.05, 0.1) is 22.9 Å². The zero-order valence-electron chi connectivity index (χ0n) is 16.3. The molecule has 2 rings (SSSR count). The molecule has 0 bridgehead atoms. The number of nitrogens with zero attached hydrogens (tertiary/aromatic N) is 2. The minimum Gasteiger partial charge on any atom is -0.449 e. The minimum atomic E-state index is -1.05. The Balaban J connectivity index is 2.02. The van der Waals surface area contributed by atoms with Crippen LogP contribution in [0.2, 0.25) is 0 Å².